The zero-order chi connectivity index (χ0) is 14.1. The SMILES string of the molecule is CCCc1nc(C2COc3ccccc32)[nH]c(=O)c1Br. The first kappa shape index (κ1) is 13.4. The molecule has 0 amide bonds. The molecule has 4 nitrogen and oxygen atoms in total. The third-order valence-electron chi connectivity index (χ3n) is 3.47. The summed E-state index contributed by atoms with van der Waals surface area (Å²) in [5, 5.41) is 0. The van der Waals surface area contributed by atoms with Crippen molar-refractivity contribution in [3.63, 3.8) is 0 Å². The van der Waals surface area contributed by atoms with Crippen molar-refractivity contribution in [2.24, 2.45) is 0 Å². The highest BCUT2D eigenvalue weighted by atomic mass is 79.9. The molecule has 0 fully saturated rings. The largest absolute Gasteiger partial charge is 0.492 e. The van der Waals surface area contributed by atoms with Gasteiger partial charge in [0.15, 0.2) is 0 Å². The Hall–Kier alpha value is -1.62. The van der Waals surface area contributed by atoms with Crippen LogP contribution in [0.15, 0.2) is 33.5 Å². The first-order valence-electron chi connectivity index (χ1n) is 6.71. The molecular formula is C15H15BrN2O2. The minimum absolute atomic E-state index is 0.00241. The van der Waals surface area contributed by atoms with Crippen LogP contribution in [0.3, 0.4) is 0 Å². The maximum Gasteiger partial charge on any atom is 0.265 e. The number of aryl methyl sites for hydroxylation is 1. The van der Waals surface area contributed by atoms with Crippen LogP contribution in [0, 0.1) is 0 Å². The van der Waals surface area contributed by atoms with Crippen molar-refractivity contribution < 1.29 is 4.74 Å². The Morgan fingerprint density at radius 1 is 1.45 bits per heavy atom. The van der Waals surface area contributed by atoms with Crippen LogP contribution >= 0.6 is 15.9 Å². The molecule has 2 heterocycles. The lowest BCUT2D eigenvalue weighted by Crippen LogP contribution is -2.19. The molecule has 5 heteroatoms. The maximum absolute atomic E-state index is 12.0. The number of aromatic nitrogens is 2. The van der Waals surface area contributed by atoms with Gasteiger partial charge in [0, 0.05) is 5.56 Å². The fraction of sp³-hybridized carbons (Fsp3) is 0.333. The molecule has 0 bridgehead atoms. The van der Waals surface area contributed by atoms with Crippen molar-refractivity contribution in [2.45, 2.75) is 25.7 Å². The van der Waals surface area contributed by atoms with Gasteiger partial charge in [0.2, 0.25) is 0 Å². The number of nitrogens with one attached hydrogen (secondary N) is 1. The summed E-state index contributed by atoms with van der Waals surface area (Å²) >= 11 is 3.32. The van der Waals surface area contributed by atoms with Crippen LogP contribution in [0.2, 0.25) is 0 Å². The van der Waals surface area contributed by atoms with E-state index >= 15 is 0 Å². The second-order valence-electron chi connectivity index (χ2n) is 4.86. The molecule has 0 spiro atoms. The van der Waals surface area contributed by atoms with Crippen molar-refractivity contribution in [1.29, 1.82) is 0 Å². The summed E-state index contributed by atoms with van der Waals surface area (Å²) in [7, 11) is 0. The average molecular weight is 335 g/mol. The Morgan fingerprint density at radius 2 is 2.25 bits per heavy atom. The Kier molecular flexibility index (Phi) is 3.61. The number of ether oxygens (including phenoxy) is 1. The highest BCUT2D eigenvalue weighted by molar-refractivity contribution is 9.10. The summed E-state index contributed by atoms with van der Waals surface area (Å²) in [4.78, 5) is 19.5. The summed E-state index contributed by atoms with van der Waals surface area (Å²) < 4.78 is 6.20. The molecule has 1 unspecified atom stereocenters. The van der Waals surface area contributed by atoms with E-state index in [1.54, 1.807) is 0 Å². The van der Waals surface area contributed by atoms with Crippen molar-refractivity contribution in [1.82, 2.24) is 9.97 Å². The van der Waals surface area contributed by atoms with E-state index in [0.29, 0.717) is 16.9 Å². The summed E-state index contributed by atoms with van der Waals surface area (Å²) in [6, 6.07) is 7.89. The van der Waals surface area contributed by atoms with E-state index in [4.69, 9.17) is 4.74 Å². The van der Waals surface area contributed by atoms with Crippen LogP contribution in [-0.2, 0) is 6.42 Å². The van der Waals surface area contributed by atoms with Gasteiger partial charge in [-0.15, -0.1) is 0 Å². The zero-order valence-electron chi connectivity index (χ0n) is 11.1. The fourth-order valence-corrected chi connectivity index (χ4v) is 2.87. The summed E-state index contributed by atoms with van der Waals surface area (Å²) in [6.07, 6.45) is 1.74. The number of benzene rings is 1. The molecule has 0 radical (unpaired) electrons. The maximum atomic E-state index is 12.0. The van der Waals surface area contributed by atoms with Gasteiger partial charge in [-0.05, 0) is 28.4 Å². The fourth-order valence-electron chi connectivity index (χ4n) is 2.48. The molecular weight excluding hydrogens is 320 g/mol. The molecule has 1 aliphatic rings. The Labute approximate surface area is 125 Å². The van der Waals surface area contributed by atoms with Crippen LogP contribution in [-0.4, -0.2) is 16.6 Å². The molecule has 1 N–H and O–H groups in total. The third-order valence-corrected chi connectivity index (χ3v) is 4.28. The molecule has 1 aromatic heterocycles. The molecule has 104 valence electrons. The monoisotopic (exact) mass is 334 g/mol. The van der Waals surface area contributed by atoms with E-state index in [-0.39, 0.29) is 11.5 Å². The average Bonchev–Trinajstić information content (AvgIpc) is 2.88. The van der Waals surface area contributed by atoms with Crippen LogP contribution in [0.4, 0.5) is 0 Å². The lowest BCUT2D eigenvalue weighted by atomic mass is 10.0. The predicted octanol–water partition coefficient (Wildman–Crippen LogP) is 3.01. The standard InChI is InChI=1S/C15H15BrN2O2/c1-2-5-11-13(16)15(19)18-14(17-11)10-8-20-12-7-4-3-6-9(10)12/h3-4,6-7,10H,2,5,8H2,1H3,(H,17,18,19). The van der Waals surface area contributed by atoms with Gasteiger partial charge in [-0.2, -0.15) is 0 Å². The Balaban J connectivity index is 2.06. The quantitative estimate of drug-likeness (QED) is 0.938. The lowest BCUT2D eigenvalue weighted by Gasteiger charge is -2.10. The van der Waals surface area contributed by atoms with Crippen LogP contribution in [0.25, 0.3) is 0 Å². The number of nitrogens with zero attached hydrogens (tertiary/aromatic N) is 1. The number of H-pyrrole nitrogens is 1. The molecule has 1 aromatic carbocycles. The van der Waals surface area contributed by atoms with Gasteiger partial charge in [0.1, 0.15) is 22.7 Å². The molecule has 0 aliphatic carbocycles. The van der Waals surface area contributed by atoms with E-state index in [1.165, 1.54) is 0 Å². The summed E-state index contributed by atoms with van der Waals surface area (Å²) in [5.74, 6) is 1.56. The Bertz CT molecular complexity index is 697. The minimum atomic E-state index is -0.122. The highest BCUT2D eigenvalue weighted by Gasteiger charge is 2.28. The van der Waals surface area contributed by atoms with E-state index in [9.17, 15) is 4.79 Å². The smallest absolute Gasteiger partial charge is 0.265 e. The van der Waals surface area contributed by atoms with Gasteiger partial charge in [-0.1, -0.05) is 31.5 Å². The zero-order valence-corrected chi connectivity index (χ0v) is 12.7. The number of rotatable bonds is 3. The normalized spacial score (nSPS) is 16.8. The highest BCUT2D eigenvalue weighted by Crippen LogP contribution is 2.36. The first-order valence-corrected chi connectivity index (χ1v) is 7.50. The number of para-hydroxylation sites is 1. The van der Waals surface area contributed by atoms with Crippen molar-refractivity contribution in [3.8, 4) is 5.75 Å². The molecule has 3 rings (SSSR count). The van der Waals surface area contributed by atoms with E-state index in [0.717, 1.165) is 29.8 Å². The number of fused-ring (bicyclic) bond motifs is 1. The first-order chi connectivity index (χ1) is 9.70. The van der Waals surface area contributed by atoms with E-state index in [1.807, 2.05) is 24.3 Å². The predicted molar refractivity (Wildman–Crippen MR) is 80.3 cm³/mol. The van der Waals surface area contributed by atoms with Gasteiger partial charge in [-0.25, -0.2) is 4.98 Å². The van der Waals surface area contributed by atoms with Crippen LogP contribution in [0.1, 0.15) is 36.3 Å². The number of halogens is 1. The van der Waals surface area contributed by atoms with E-state index < -0.39 is 0 Å². The van der Waals surface area contributed by atoms with Crippen molar-refractivity contribution >= 4 is 15.9 Å². The summed E-state index contributed by atoms with van der Waals surface area (Å²) in [5.41, 5.74) is 1.78. The van der Waals surface area contributed by atoms with Gasteiger partial charge in [-0.3, -0.25) is 4.79 Å². The number of hydrogen-bond donors (Lipinski definition) is 1. The van der Waals surface area contributed by atoms with Crippen molar-refractivity contribution in [2.75, 3.05) is 6.61 Å². The molecule has 2 aromatic rings. The lowest BCUT2D eigenvalue weighted by molar-refractivity contribution is 0.339. The van der Waals surface area contributed by atoms with E-state index in [2.05, 4.69) is 32.8 Å². The van der Waals surface area contributed by atoms with Gasteiger partial charge in [0.25, 0.3) is 5.56 Å². The van der Waals surface area contributed by atoms with Crippen LogP contribution in [0.5, 0.6) is 5.75 Å². The Morgan fingerprint density at radius 3 is 3.05 bits per heavy atom. The summed E-state index contributed by atoms with van der Waals surface area (Å²) in [6.45, 7) is 2.60. The molecule has 20 heavy (non-hydrogen) atoms. The topological polar surface area (TPSA) is 55.0 Å². The molecule has 1 aliphatic heterocycles. The van der Waals surface area contributed by atoms with Crippen LogP contribution < -0.4 is 10.3 Å². The molecule has 1 atom stereocenters. The van der Waals surface area contributed by atoms with Gasteiger partial charge in [0.05, 0.1) is 11.6 Å². The minimum Gasteiger partial charge on any atom is -0.492 e. The molecule has 0 saturated carbocycles. The number of hydrogen-bond acceptors (Lipinski definition) is 3. The van der Waals surface area contributed by atoms with Gasteiger partial charge < -0.3 is 9.72 Å². The number of aromatic amines is 1. The third kappa shape index (κ3) is 2.26. The second-order valence-corrected chi connectivity index (χ2v) is 5.66. The van der Waals surface area contributed by atoms with Gasteiger partial charge >= 0.3 is 0 Å². The van der Waals surface area contributed by atoms with Crippen molar-refractivity contribution in [3.05, 3.63) is 56.2 Å². The second kappa shape index (κ2) is 5.40. The molecule has 0 saturated heterocycles.